The lowest BCUT2D eigenvalue weighted by Gasteiger charge is -2.35. The first-order chi connectivity index (χ1) is 22.8. The van der Waals surface area contributed by atoms with E-state index in [-0.39, 0.29) is 23.4 Å². The molecule has 1 aliphatic rings. The van der Waals surface area contributed by atoms with Crippen molar-refractivity contribution in [1.82, 2.24) is 10.2 Å². The highest BCUT2D eigenvalue weighted by atomic mass is 32.2. The maximum absolute atomic E-state index is 14.8. The molecule has 0 saturated heterocycles. The molecule has 0 heterocycles. The van der Waals surface area contributed by atoms with E-state index in [4.69, 9.17) is 0 Å². The average Bonchev–Trinajstić information content (AvgIpc) is 3.10. The van der Waals surface area contributed by atoms with Gasteiger partial charge in [-0.3, -0.25) is 13.9 Å². The van der Waals surface area contributed by atoms with Gasteiger partial charge in [0.1, 0.15) is 12.6 Å². The van der Waals surface area contributed by atoms with Crippen molar-refractivity contribution in [3.63, 3.8) is 0 Å². The van der Waals surface area contributed by atoms with Crippen LogP contribution in [-0.2, 0) is 39.0 Å². The van der Waals surface area contributed by atoms with E-state index >= 15 is 0 Å². The number of amides is 2. The molecule has 246 valence electrons. The van der Waals surface area contributed by atoms with E-state index in [1.165, 1.54) is 4.31 Å². The van der Waals surface area contributed by atoms with Crippen LogP contribution in [0.1, 0.15) is 61.3 Å². The second-order valence-corrected chi connectivity index (χ2v) is 14.2. The molecule has 0 spiro atoms. The number of sulfonamides is 1. The largest absolute Gasteiger partial charge is 0.352 e. The number of carbonyl (C=O) groups excluding carboxylic acids is 2. The SMILES string of the molecule is CCc1ccccc1N(CC(=O)N(Cc1cccc(C)c1)[C@H](Cc1ccccc1)C(=O)NC1CCCCC1)S(=O)(=O)c1ccccc1. The van der Waals surface area contributed by atoms with Gasteiger partial charge in [0.2, 0.25) is 11.8 Å². The Balaban J connectivity index is 1.58. The fourth-order valence-electron chi connectivity index (χ4n) is 6.39. The van der Waals surface area contributed by atoms with Crippen molar-refractivity contribution in [2.45, 2.75) is 82.3 Å². The molecule has 1 atom stereocenters. The van der Waals surface area contributed by atoms with Crippen LogP contribution < -0.4 is 9.62 Å². The van der Waals surface area contributed by atoms with Crippen molar-refractivity contribution in [1.29, 1.82) is 0 Å². The molecular weight excluding hydrogens is 607 g/mol. The highest BCUT2D eigenvalue weighted by Crippen LogP contribution is 2.29. The predicted molar refractivity (Wildman–Crippen MR) is 187 cm³/mol. The zero-order chi connectivity index (χ0) is 33.2. The van der Waals surface area contributed by atoms with E-state index in [2.05, 4.69) is 5.32 Å². The minimum Gasteiger partial charge on any atom is -0.352 e. The maximum atomic E-state index is 14.8. The molecule has 2 amide bonds. The lowest BCUT2D eigenvalue weighted by molar-refractivity contribution is -0.140. The smallest absolute Gasteiger partial charge is 0.264 e. The van der Waals surface area contributed by atoms with Gasteiger partial charge in [-0.1, -0.05) is 123 Å². The molecule has 4 aromatic carbocycles. The Morgan fingerprint density at radius 1 is 0.809 bits per heavy atom. The molecule has 0 aromatic heterocycles. The van der Waals surface area contributed by atoms with Gasteiger partial charge in [0.15, 0.2) is 0 Å². The number of carbonyl (C=O) groups is 2. The third-order valence-electron chi connectivity index (χ3n) is 8.91. The Morgan fingerprint density at radius 2 is 1.45 bits per heavy atom. The monoisotopic (exact) mass is 651 g/mol. The summed E-state index contributed by atoms with van der Waals surface area (Å²) in [6, 6.07) is 32.2. The zero-order valence-corrected chi connectivity index (χ0v) is 28.2. The highest BCUT2D eigenvalue weighted by molar-refractivity contribution is 7.92. The number of nitrogens with one attached hydrogen (secondary N) is 1. The Morgan fingerprint density at radius 3 is 2.13 bits per heavy atom. The highest BCUT2D eigenvalue weighted by Gasteiger charge is 2.36. The van der Waals surface area contributed by atoms with Crippen molar-refractivity contribution in [2.75, 3.05) is 10.8 Å². The van der Waals surface area contributed by atoms with Crippen molar-refractivity contribution in [3.05, 3.63) is 131 Å². The Hall–Kier alpha value is -4.43. The van der Waals surface area contributed by atoms with Crippen molar-refractivity contribution < 1.29 is 18.0 Å². The van der Waals surface area contributed by atoms with Gasteiger partial charge in [-0.25, -0.2) is 8.42 Å². The average molecular weight is 652 g/mol. The van der Waals surface area contributed by atoms with Crippen LogP contribution in [0.4, 0.5) is 5.69 Å². The first-order valence-corrected chi connectivity index (χ1v) is 18.0. The number of aryl methyl sites for hydroxylation is 2. The van der Waals surface area contributed by atoms with Crippen LogP contribution in [-0.4, -0.2) is 43.8 Å². The van der Waals surface area contributed by atoms with Gasteiger partial charge in [-0.15, -0.1) is 0 Å². The lowest BCUT2D eigenvalue weighted by Crippen LogP contribution is -2.55. The lowest BCUT2D eigenvalue weighted by atomic mass is 9.94. The molecule has 1 aliphatic carbocycles. The van der Waals surface area contributed by atoms with Gasteiger partial charge in [-0.05, 0) is 61.1 Å². The summed E-state index contributed by atoms with van der Waals surface area (Å²) in [6.45, 7) is 3.65. The first-order valence-electron chi connectivity index (χ1n) is 16.6. The van der Waals surface area contributed by atoms with Gasteiger partial charge in [0.25, 0.3) is 10.0 Å². The molecule has 1 N–H and O–H groups in total. The summed E-state index contributed by atoms with van der Waals surface area (Å²) in [6.07, 6.45) is 5.97. The van der Waals surface area contributed by atoms with Gasteiger partial charge in [0.05, 0.1) is 10.6 Å². The van der Waals surface area contributed by atoms with E-state index in [1.54, 1.807) is 47.4 Å². The van der Waals surface area contributed by atoms with Gasteiger partial charge < -0.3 is 10.2 Å². The Labute approximate surface area is 279 Å². The van der Waals surface area contributed by atoms with Crippen molar-refractivity contribution in [3.8, 4) is 0 Å². The van der Waals surface area contributed by atoms with Crippen LogP contribution in [0.3, 0.4) is 0 Å². The minimum atomic E-state index is -4.14. The van der Waals surface area contributed by atoms with Gasteiger partial charge >= 0.3 is 0 Å². The number of anilines is 1. The first kappa shape index (κ1) is 33.9. The fraction of sp³-hybridized carbons (Fsp3) is 0.333. The summed E-state index contributed by atoms with van der Waals surface area (Å²) >= 11 is 0. The number of para-hydroxylation sites is 1. The molecule has 1 saturated carbocycles. The number of nitrogens with zero attached hydrogens (tertiary/aromatic N) is 2. The van der Waals surface area contributed by atoms with E-state index in [1.807, 2.05) is 80.6 Å². The van der Waals surface area contributed by atoms with Crippen molar-refractivity contribution in [2.24, 2.45) is 0 Å². The van der Waals surface area contributed by atoms with Crippen LogP contribution >= 0.6 is 0 Å². The number of hydrogen-bond donors (Lipinski definition) is 1. The summed E-state index contributed by atoms with van der Waals surface area (Å²) in [4.78, 5) is 30.7. The van der Waals surface area contributed by atoms with Crippen LogP contribution in [0, 0.1) is 6.92 Å². The van der Waals surface area contributed by atoms with Crippen LogP contribution in [0.2, 0.25) is 0 Å². The molecular formula is C39H45N3O4S. The summed E-state index contributed by atoms with van der Waals surface area (Å²) in [5, 5.41) is 3.27. The second-order valence-electron chi connectivity index (χ2n) is 12.4. The Bertz CT molecular complexity index is 1740. The number of rotatable bonds is 13. The summed E-state index contributed by atoms with van der Waals surface area (Å²) in [5.41, 5.74) is 4.08. The molecule has 47 heavy (non-hydrogen) atoms. The third-order valence-corrected chi connectivity index (χ3v) is 10.7. The van der Waals surface area contributed by atoms with Gasteiger partial charge in [-0.2, -0.15) is 0 Å². The minimum absolute atomic E-state index is 0.0526. The molecule has 4 aromatic rings. The summed E-state index contributed by atoms with van der Waals surface area (Å²) in [7, 11) is -4.14. The van der Waals surface area contributed by atoms with E-state index < -0.39 is 28.5 Å². The zero-order valence-electron chi connectivity index (χ0n) is 27.3. The molecule has 0 unspecified atom stereocenters. The van der Waals surface area contributed by atoms with E-state index in [9.17, 15) is 18.0 Å². The molecule has 8 heteroatoms. The Kier molecular flexibility index (Phi) is 11.5. The van der Waals surface area contributed by atoms with Crippen LogP contribution in [0.15, 0.2) is 114 Å². The topological polar surface area (TPSA) is 86.8 Å². The van der Waals surface area contributed by atoms with E-state index in [0.29, 0.717) is 18.5 Å². The second kappa shape index (κ2) is 15.9. The standard InChI is InChI=1S/C39H45N3O4S/c1-3-33-20-13-14-25-36(33)42(47(45,46)35-23-11-6-12-24-35)29-38(43)41(28-32-19-15-16-30(2)26-32)37(27-31-17-7-4-8-18-31)39(44)40-34-21-9-5-10-22-34/h4,6-8,11-20,23-26,34,37H,3,5,9-10,21-22,27-29H2,1-2H3,(H,40,44)/t37-/m1/s1. The number of benzene rings is 4. The van der Waals surface area contributed by atoms with Gasteiger partial charge in [0, 0.05) is 19.0 Å². The van der Waals surface area contributed by atoms with E-state index in [0.717, 1.165) is 54.4 Å². The van der Waals surface area contributed by atoms with Crippen LogP contribution in [0.25, 0.3) is 0 Å². The predicted octanol–water partition coefficient (Wildman–Crippen LogP) is 6.84. The number of hydrogen-bond acceptors (Lipinski definition) is 4. The summed E-state index contributed by atoms with van der Waals surface area (Å²) < 4.78 is 29.8. The molecule has 7 nitrogen and oxygen atoms in total. The normalized spacial score (nSPS) is 14.3. The molecule has 1 fully saturated rings. The quantitative estimate of drug-likeness (QED) is 0.172. The maximum Gasteiger partial charge on any atom is 0.264 e. The van der Waals surface area contributed by atoms with Crippen molar-refractivity contribution >= 4 is 27.5 Å². The summed E-state index contributed by atoms with van der Waals surface area (Å²) in [5.74, 6) is -0.662. The fourth-order valence-corrected chi connectivity index (χ4v) is 7.86. The molecule has 5 rings (SSSR count). The molecule has 0 bridgehead atoms. The molecule has 0 aliphatic heterocycles. The third kappa shape index (κ3) is 8.69. The molecule has 0 radical (unpaired) electrons. The van der Waals surface area contributed by atoms with Crippen LogP contribution in [0.5, 0.6) is 0 Å².